The van der Waals surface area contributed by atoms with E-state index in [1.807, 2.05) is 13.8 Å². The van der Waals surface area contributed by atoms with Gasteiger partial charge in [0.15, 0.2) is 0 Å². The maximum atomic E-state index is 11.1. The van der Waals surface area contributed by atoms with Gasteiger partial charge in [-0.2, -0.15) is 0 Å². The van der Waals surface area contributed by atoms with Crippen molar-refractivity contribution in [3.05, 3.63) is 0 Å². The molecule has 1 aliphatic rings. The molecule has 17 heavy (non-hydrogen) atoms. The molecule has 0 amide bonds. The molecule has 1 fully saturated rings. The fourth-order valence-electron chi connectivity index (χ4n) is 2.18. The van der Waals surface area contributed by atoms with Crippen molar-refractivity contribution in [2.24, 2.45) is 0 Å². The van der Waals surface area contributed by atoms with Gasteiger partial charge in [0.2, 0.25) is 10.0 Å². The standard InChI is InChI=1S/C11H25N3O2S/c1-11(2,13-17(3,15)16)10-12-6-9-14-7-4-5-8-14/h12-13H,4-10H2,1-3H3. The molecule has 0 aromatic rings. The number of hydrogen-bond donors (Lipinski definition) is 2. The molecular weight excluding hydrogens is 238 g/mol. The Bertz CT molecular complexity index is 322. The molecule has 0 bridgehead atoms. The monoisotopic (exact) mass is 263 g/mol. The molecule has 0 saturated carbocycles. The first-order chi connectivity index (χ1) is 7.79. The highest BCUT2D eigenvalue weighted by Gasteiger charge is 2.21. The minimum absolute atomic E-state index is 0.432. The third-order valence-electron chi connectivity index (χ3n) is 2.83. The highest BCUT2D eigenvalue weighted by molar-refractivity contribution is 7.88. The molecule has 1 saturated heterocycles. The number of sulfonamides is 1. The Balaban J connectivity index is 2.16. The van der Waals surface area contributed by atoms with Gasteiger partial charge in [-0.05, 0) is 39.8 Å². The molecule has 1 rings (SSSR count). The van der Waals surface area contributed by atoms with Crippen LogP contribution in [0.3, 0.4) is 0 Å². The second-order valence-electron chi connectivity index (χ2n) is 5.48. The van der Waals surface area contributed by atoms with Crippen LogP contribution in [0.1, 0.15) is 26.7 Å². The zero-order valence-corrected chi connectivity index (χ0v) is 11.9. The van der Waals surface area contributed by atoms with Crippen LogP contribution in [0.25, 0.3) is 0 Å². The highest BCUT2D eigenvalue weighted by atomic mass is 32.2. The van der Waals surface area contributed by atoms with E-state index in [0.717, 1.165) is 13.1 Å². The summed E-state index contributed by atoms with van der Waals surface area (Å²) in [7, 11) is -3.14. The van der Waals surface area contributed by atoms with E-state index in [1.165, 1.54) is 32.2 Å². The lowest BCUT2D eigenvalue weighted by atomic mass is 10.1. The molecule has 0 spiro atoms. The summed E-state index contributed by atoms with van der Waals surface area (Å²) in [6.45, 7) is 8.78. The molecule has 102 valence electrons. The lowest BCUT2D eigenvalue weighted by Crippen LogP contribution is -2.50. The van der Waals surface area contributed by atoms with Gasteiger partial charge in [-0.3, -0.25) is 0 Å². The fourth-order valence-corrected chi connectivity index (χ4v) is 3.26. The number of nitrogens with one attached hydrogen (secondary N) is 2. The van der Waals surface area contributed by atoms with Gasteiger partial charge in [0.05, 0.1) is 6.26 Å². The van der Waals surface area contributed by atoms with E-state index in [0.29, 0.717) is 6.54 Å². The summed E-state index contributed by atoms with van der Waals surface area (Å²) < 4.78 is 24.9. The average Bonchev–Trinajstić information content (AvgIpc) is 2.60. The third-order valence-corrected chi connectivity index (χ3v) is 3.76. The Kier molecular flexibility index (Phi) is 5.37. The summed E-state index contributed by atoms with van der Waals surface area (Å²) in [5.41, 5.74) is -0.432. The molecule has 5 nitrogen and oxygen atoms in total. The van der Waals surface area contributed by atoms with Gasteiger partial charge in [0.25, 0.3) is 0 Å². The van der Waals surface area contributed by atoms with Crippen LogP contribution in [0.5, 0.6) is 0 Å². The summed E-state index contributed by atoms with van der Waals surface area (Å²) in [6, 6.07) is 0. The predicted molar refractivity (Wildman–Crippen MR) is 70.6 cm³/mol. The Labute approximate surface area is 105 Å². The van der Waals surface area contributed by atoms with E-state index >= 15 is 0 Å². The lowest BCUT2D eigenvalue weighted by molar-refractivity contribution is 0.325. The Hall–Kier alpha value is -0.170. The fraction of sp³-hybridized carbons (Fsp3) is 1.00. The van der Waals surface area contributed by atoms with Crippen molar-refractivity contribution in [3.63, 3.8) is 0 Å². The Morgan fingerprint density at radius 3 is 2.35 bits per heavy atom. The van der Waals surface area contributed by atoms with Crippen LogP contribution in [0.15, 0.2) is 0 Å². The van der Waals surface area contributed by atoms with Crippen LogP contribution in [-0.2, 0) is 10.0 Å². The quantitative estimate of drug-likeness (QED) is 0.635. The first-order valence-electron chi connectivity index (χ1n) is 6.21. The van der Waals surface area contributed by atoms with Crippen LogP contribution >= 0.6 is 0 Å². The SMILES string of the molecule is CC(C)(CNCCN1CCCC1)NS(C)(=O)=O. The van der Waals surface area contributed by atoms with Gasteiger partial charge in [-0.1, -0.05) is 0 Å². The Morgan fingerprint density at radius 1 is 1.24 bits per heavy atom. The number of likely N-dealkylation sites (tertiary alicyclic amines) is 1. The van der Waals surface area contributed by atoms with E-state index in [2.05, 4.69) is 14.9 Å². The van der Waals surface area contributed by atoms with Gasteiger partial charge < -0.3 is 10.2 Å². The van der Waals surface area contributed by atoms with Crippen LogP contribution in [0.4, 0.5) is 0 Å². The minimum atomic E-state index is -3.14. The predicted octanol–water partition coefficient (Wildman–Crippen LogP) is -0.000400. The molecule has 0 aliphatic carbocycles. The molecule has 2 N–H and O–H groups in total. The zero-order valence-electron chi connectivity index (χ0n) is 11.1. The van der Waals surface area contributed by atoms with Crippen molar-refractivity contribution in [2.45, 2.75) is 32.2 Å². The smallest absolute Gasteiger partial charge is 0.209 e. The molecule has 0 atom stereocenters. The molecule has 1 heterocycles. The van der Waals surface area contributed by atoms with Crippen molar-refractivity contribution in [2.75, 3.05) is 39.0 Å². The second kappa shape index (κ2) is 6.13. The van der Waals surface area contributed by atoms with E-state index < -0.39 is 15.6 Å². The summed E-state index contributed by atoms with van der Waals surface area (Å²) in [6.07, 6.45) is 3.81. The summed E-state index contributed by atoms with van der Waals surface area (Å²) in [4.78, 5) is 2.43. The first kappa shape index (κ1) is 14.9. The van der Waals surface area contributed by atoms with Crippen LogP contribution in [-0.4, -0.2) is 57.8 Å². The van der Waals surface area contributed by atoms with Crippen molar-refractivity contribution in [3.8, 4) is 0 Å². The van der Waals surface area contributed by atoms with Gasteiger partial charge in [-0.25, -0.2) is 13.1 Å². The van der Waals surface area contributed by atoms with Crippen molar-refractivity contribution in [1.29, 1.82) is 0 Å². The van der Waals surface area contributed by atoms with Crippen molar-refractivity contribution < 1.29 is 8.42 Å². The topological polar surface area (TPSA) is 61.4 Å². The molecule has 6 heteroatoms. The summed E-state index contributed by atoms with van der Waals surface area (Å²) >= 11 is 0. The maximum Gasteiger partial charge on any atom is 0.209 e. The first-order valence-corrected chi connectivity index (χ1v) is 8.10. The normalized spacial score (nSPS) is 18.8. The van der Waals surface area contributed by atoms with E-state index in [9.17, 15) is 8.42 Å². The molecule has 1 aliphatic heterocycles. The summed E-state index contributed by atoms with van der Waals surface area (Å²) in [5, 5.41) is 3.31. The van der Waals surface area contributed by atoms with Gasteiger partial charge in [0.1, 0.15) is 0 Å². The lowest BCUT2D eigenvalue weighted by Gasteiger charge is -2.26. The van der Waals surface area contributed by atoms with Crippen molar-refractivity contribution in [1.82, 2.24) is 14.9 Å². The summed E-state index contributed by atoms with van der Waals surface area (Å²) in [5.74, 6) is 0. The average molecular weight is 263 g/mol. The van der Waals surface area contributed by atoms with Crippen LogP contribution in [0, 0.1) is 0 Å². The second-order valence-corrected chi connectivity index (χ2v) is 7.23. The van der Waals surface area contributed by atoms with Gasteiger partial charge in [-0.15, -0.1) is 0 Å². The molecule has 0 aromatic heterocycles. The highest BCUT2D eigenvalue weighted by Crippen LogP contribution is 2.06. The molecule has 0 radical (unpaired) electrons. The zero-order chi connectivity index (χ0) is 12.9. The third kappa shape index (κ3) is 6.98. The van der Waals surface area contributed by atoms with Gasteiger partial charge in [0, 0.05) is 25.2 Å². The molecular formula is C11H25N3O2S. The number of nitrogens with zero attached hydrogens (tertiary/aromatic N) is 1. The van der Waals surface area contributed by atoms with E-state index in [-0.39, 0.29) is 0 Å². The largest absolute Gasteiger partial charge is 0.314 e. The van der Waals surface area contributed by atoms with Crippen LogP contribution < -0.4 is 10.0 Å². The molecule has 0 unspecified atom stereocenters. The minimum Gasteiger partial charge on any atom is -0.314 e. The molecule has 0 aromatic carbocycles. The Morgan fingerprint density at radius 2 is 1.82 bits per heavy atom. The maximum absolute atomic E-state index is 11.1. The number of rotatable bonds is 7. The van der Waals surface area contributed by atoms with Crippen LogP contribution in [0.2, 0.25) is 0 Å². The number of hydrogen-bond acceptors (Lipinski definition) is 4. The van der Waals surface area contributed by atoms with E-state index in [4.69, 9.17) is 0 Å². The van der Waals surface area contributed by atoms with Gasteiger partial charge >= 0.3 is 0 Å². The van der Waals surface area contributed by atoms with Crippen molar-refractivity contribution >= 4 is 10.0 Å². The van der Waals surface area contributed by atoms with E-state index in [1.54, 1.807) is 0 Å².